The Hall–Kier alpha value is -3.28. The number of benzene rings is 2. The Morgan fingerprint density at radius 1 is 0.958 bits per heavy atom. The molecule has 6 heteroatoms. The first-order valence-electron chi connectivity index (χ1n) is 7.40. The number of aromatic nitrogens is 2. The van der Waals surface area contributed by atoms with Crippen LogP contribution in [0.3, 0.4) is 0 Å². The molecule has 24 heavy (non-hydrogen) atoms. The predicted octanol–water partition coefficient (Wildman–Crippen LogP) is 1.87. The Bertz CT molecular complexity index is 945. The molecule has 1 aromatic heterocycles. The Kier molecular flexibility index (Phi) is 4.47. The molecule has 0 atom stereocenters. The van der Waals surface area contributed by atoms with Crippen LogP contribution in [0, 0.1) is 0 Å². The fraction of sp³-hybridized carbons (Fsp3) is 0.111. The minimum atomic E-state index is -0.657. The zero-order chi connectivity index (χ0) is 16.9. The fourth-order valence-electron chi connectivity index (χ4n) is 2.32. The van der Waals surface area contributed by atoms with Crippen LogP contribution in [0.15, 0.2) is 70.3 Å². The number of ether oxygens (including phenoxy) is 1. The molecular weight excluding hydrogens is 308 g/mol. The molecule has 0 fully saturated rings. The van der Waals surface area contributed by atoms with Gasteiger partial charge in [-0.25, -0.2) is 4.79 Å². The third-order valence-corrected chi connectivity index (χ3v) is 3.50. The maximum absolute atomic E-state index is 11.8. The highest BCUT2D eigenvalue weighted by Gasteiger charge is 2.06. The van der Waals surface area contributed by atoms with Crippen LogP contribution in [0.1, 0.15) is 11.1 Å². The molecule has 0 amide bonds. The molecule has 0 aliphatic rings. The van der Waals surface area contributed by atoms with Gasteiger partial charge in [-0.2, -0.15) is 0 Å². The lowest BCUT2D eigenvalue weighted by molar-refractivity contribution is 0.305. The smallest absolute Gasteiger partial charge is 0.331 e. The number of hydrogen-bond donors (Lipinski definition) is 2. The second-order valence-corrected chi connectivity index (χ2v) is 5.30. The van der Waals surface area contributed by atoms with E-state index in [0.717, 1.165) is 21.8 Å². The van der Waals surface area contributed by atoms with Crippen LogP contribution in [0.5, 0.6) is 11.6 Å². The number of hydrogen-bond acceptors (Lipinski definition) is 4. The van der Waals surface area contributed by atoms with E-state index in [4.69, 9.17) is 4.74 Å². The molecule has 0 radical (unpaired) electrons. The van der Waals surface area contributed by atoms with Gasteiger partial charge in [-0.3, -0.25) is 14.3 Å². The van der Waals surface area contributed by atoms with E-state index in [1.54, 1.807) is 6.07 Å². The van der Waals surface area contributed by atoms with E-state index in [1.807, 2.05) is 48.5 Å². The van der Waals surface area contributed by atoms with Crippen LogP contribution < -0.4 is 16.0 Å². The Balaban J connectivity index is 1.76. The van der Waals surface area contributed by atoms with E-state index in [1.165, 1.54) is 0 Å². The molecule has 0 aliphatic heterocycles. The van der Waals surface area contributed by atoms with Gasteiger partial charge in [0.15, 0.2) is 0 Å². The van der Waals surface area contributed by atoms with Crippen LogP contribution in [-0.2, 0) is 13.2 Å². The highest BCUT2D eigenvalue weighted by molar-refractivity contribution is 5.29. The number of aromatic hydroxyl groups is 1. The summed E-state index contributed by atoms with van der Waals surface area (Å²) >= 11 is 0. The number of nitrogens with zero attached hydrogens (tertiary/aromatic N) is 1. The lowest BCUT2D eigenvalue weighted by Crippen LogP contribution is -2.29. The first-order chi connectivity index (χ1) is 11.6. The highest BCUT2D eigenvalue weighted by Crippen LogP contribution is 2.16. The lowest BCUT2D eigenvalue weighted by Gasteiger charge is -2.10. The minimum Gasteiger partial charge on any atom is -0.494 e. The van der Waals surface area contributed by atoms with Crippen LogP contribution in [0.25, 0.3) is 0 Å². The summed E-state index contributed by atoms with van der Waals surface area (Å²) in [6, 6.07) is 18.0. The molecule has 0 bridgehead atoms. The van der Waals surface area contributed by atoms with Crippen molar-refractivity contribution in [3.05, 3.63) is 92.6 Å². The molecule has 2 aromatic carbocycles. The molecule has 3 rings (SSSR count). The van der Waals surface area contributed by atoms with Crippen molar-refractivity contribution in [1.29, 1.82) is 0 Å². The summed E-state index contributed by atoms with van der Waals surface area (Å²) < 4.78 is 6.82. The third-order valence-electron chi connectivity index (χ3n) is 3.50. The van der Waals surface area contributed by atoms with E-state index in [-0.39, 0.29) is 12.4 Å². The van der Waals surface area contributed by atoms with Crippen LogP contribution >= 0.6 is 0 Å². The predicted molar refractivity (Wildman–Crippen MR) is 89.3 cm³/mol. The molecule has 0 saturated carbocycles. The quantitative estimate of drug-likeness (QED) is 0.750. The average molecular weight is 324 g/mol. The zero-order valence-corrected chi connectivity index (χ0v) is 12.8. The van der Waals surface area contributed by atoms with Crippen LogP contribution in [0.4, 0.5) is 0 Å². The fourth-order valence-corrected chi connectivity index (χ4v) is 2.32. The van der Waals surface area contributed by atoms with Gasteiger partial charge in [0, 0.05) is 0 Å². The Morgan fingerprint density at radius 2 is 1.71 bits per heavy atom. The molecule has 0 spiro atoms. The van der Waals surface area contributed by atoms with Gasteiger partial charge in [0.05, 0.1) is 12.6 Å². The summed E-state index contributed by atoms with van der Waals surface area (Å²) in [5.74, 6) is 0.285. The molecule has 3 aromatic rings. The van der Waals surface area contributed by atoms with Gasteiger partial charge < -0.3 is 9.84 Å². The number of rotatable bonds is 5. The maximum Gasteiger partial charge on any atom is 0.331 e. The monoisotopic (exact) mass is 324 g/mol. The van der Waals surface area contributed by atoms with Crippen LogP contribution in [0.2, 0.25) is 0 Å². The molecule has 2 N–H and O–H groups in total. The van der Waals surface area contributed by atoms with E-state index in [2.05, 4.69) is 4.98 Å². The van der Waals surface area contributed by atoms with E-state index < -0.39 is 11.2 Å². The molecule has 122 valence electrons. The van der Waals surface area contributed by atoms with E-state index in [9.17, 15) is 14.7 Å². The van der Waals surface area contributed by atoms with Gasteiger partial charge in [-0.1, -0.05) is 42.5 Å². The summed E-state index contributed by atoms with van der Waals surface area (Å²) in [6.07, 6.45) is 0. The van der Waals surface area contributed by atoms with Gasteiger partial charge >= 0.3 is 5.69 Å². The molecule has 0 unspecified atom stereocenters. The third kappa shape index (κ3) is 3.73. The maximum atomic E-state index is 11.8. The number of H-pyrrole nitrogens is 1. The van der Waals surface area contributed by atoms with Crippen molar-refractivity contribution < 1.29 is 9.84 Å². The van der Waals surface area contributed by atoms with Gasteiger partial charge in [-0.15, -0.1) is 0 Å². The average Bonchev–Trinajstić information content (AvgIpc) is 2.58. The first kappa shape index (κ1) is 15.6. The summed E-state index contributed by atoms with van der Waals surface area (Å²) in [5, 5.41) is 9.77. The molecule has 0 aliphatic carbocycles. The number of aromatic amines is 1. The standard InChI is InChI=1S/C18H16N2O4/c21-16-10-17(22)20(18(23)19-16)11-14-7-4-8-15(9-14)24-12-13-5-2-1-3-6-13/h1-10,22H,11-12H2,(H,19,21,23). The van der Waals surface area contributed by atoms with Crippen molar-refractivity contribution in [1.82, 2.24) is 9.55 Å². The zero-order valence-electron chi connectivity index (χ0n) is 12.8. The molecule has 1 heterocycles. The molecule has 0 saturated heterocycles. The van der Waals surface area contributed by atoms with Crippen molar-refractivity contribution in [2.45, 2.75) is 13.2 Å². The minimum absolute atomic E-state index is 0.129. The summed E-state index contributed by atoms with van der Waals surface area (Å²) in [5.41, 5.74) is 0.534. The second kappa shape index (κ2) is 6.87. The van der Waals surface area contributed by atoms with Gasteiger partial charge in [0.25, 0.3) is 5.56 Å². The van der Waals surface area contributed by atoms with Crippen molar-refractivity contribution >= 4 is 0 Å². The normalized spacial score (nSPS) is 10.5. The lowest BCUT2D eigenvalue weighted by atomic mass is 10.2. The largest absolute Gasteiger partial charge is 0.494 e. The van der Waals surface area contributed by atoms with E-state index in [0.29, 0.717) is 12.4 Å². The van der Waals surface area contributed by atoms with Gasteiger partial charge in [0.1, 0.15) is 12.4 Å². The summed E-state index contributed by atoms with van der Waals surface area (Å²) in [7, 11) is 0. The Morgan fingerprint density at radius 3 is 2.46 bits per heavy atom. The summed E-state index contributed by atoms with van der Waals surface area (Å²) in [4.78, 5) is 25.0. The topological polar surface area (TPSA) is 84.3 Å². The van der Waals surface area contributed by atoms with Gasteiger partial charge in [0.2, 0.25) is 5.88 Å². The number of nitrogens with one attached hydrogen (secondary N) is 1. The second-order valence-electron chi connectivity index (χ2n) is 5.30. The Labute approximate surface area is 137 Å². The van der Waals surface area contributed by atoms with Crippen molar-refractivity contribution in [3.63, 3.8) is 0 Å². The first-order valence-corrected chi connectivity index (χ1v) is 7.40. The SMILES string of the molecule is O=c1cc(O)n(Cc2cccc(OCc3ccccc3)c2)c(=O)[nH]1. The van der Waals surface area contributed by atoms with Crippen LogP contribution in [-0.4, -0.2) is 14.7 Å². The molecule has 6 nitrogen and oxygen atoms in total. The molecular formula is C18H16N2O4. The van der Waals surface area contributed by atoms with Crippen molar-refractivity contribution in [2.24, 2.45) is 0 Å². The van der Waals surface area contributed by atoms with E-state index >= 15 is 0 Å². The highest BCUT2D eigenvalue weighted by atomic mass is 16.5. The van der Waals surface area contributed by atoms with Gasteiger partial charge in [-0.05, 0) is 23.3 Å². The summed E-state index contributed by atoms with van der Waals surface area (Å²) in [6.45, 7) is 0.568. The van der Waals surface area contributed by atoms with Crippen molar-refractivity contribution in [3.8, 4) is 11.6 Å². The van der Waals surface area contributed by atoms with Crippen molar-refractivity contribution in [2.75, 3.05) is 0 Å².